The lowest BCUT2D eigenvalue weighted by atomic mass is 9.70. The molecule has 4 N–H and O–H groups in total. The standard InChI is InChI=1S/C39H62N6O7/c1-8-20-40-35(50)32(48)27(22-25-15-16-25)41-34(49)31-26(24(2)3)17-21-44(31)36(51)33(39(7)18-10-9-11-19-39)43-37(52)42-28(38(4,5)6)23-45-29(46)13-12-14-30(45)47/h8,24-28,31,33H,1,9-23H2,2-7H3,(H,40,50)(H,41,49)(H2,42,43,52)/t26-,27?,28-,31+,33-/m1/s1. The monoisotopic (exact) mass is 726 g/mol. The summed E-state index contributed by atoms with van der Waals surface area (Å²) in [7, 11) is 0. The van der Waals surface area contributed by atoms with E-state index in [2.05, 4.69) is 27.8 Å². The molecule has 2 aliphatic heterocycles. The molecular formula is C39H62N6O7. The lowest BCUT2D eigenvalue weighted by Gasteiger charge is -2.43. The molecule has 0 aromatic carbocycles. The van der Waals surface area contributed by atoms with Crippen molar-refractivity contribution in [2.75, 3.05) is 19.6 Å². The van der Waals surface area contributed by atoms with Gasteiger partial charge in [0.05, 0.1) is 12.1 Å². The van der Waals surface area contributed by atoms with Crippen LogP contribution in [0.2, 0.25) is 0 Å². The second kappa shape index (κ2) is 17.4. The Labute approximate surface area is 309 Å². The fourth-order valence-corrected chi connectivity index (χ4v) is 8.08. The number of piperidine rings is 1. The first kappa shape index (κ1) is 41.0. The third kappa shape index (κ3) is 10.2. The summed E-state index contributed by atoms with van der Waals surface area (Å²) in [5, 5.41) is 11.4. The van der Waals surface area contributed by atoms with Crippen LogP contribution in [0.25, 0.3) is 0 Å². The molecule has 0 aromatic heterocycles. The maximum absolute atomic E-state index is 14.9. The number of amides is 7. The van der Waals surface area contributed by atoms with Crippen molar-refractivity contribution >= 4 is 41.4 Å². The van der Waals surface area contributed by atoms with Crippen molar-refractivity contribution in [3.05, 3.63) is 12.7 Å². The number of nitrogens with zero attached hydrogens (tertiary/aromatic N) is 2. The molecular weight excluding hydrogens is 664 g/mol. The van der Waals surface area contributed by atoms with Gasteiger partial charge in [-0.2, -0.15) is 0 Å². The van der Waals surface area contributed by atoms with E-state index in [1.807, 2.05) is 41.5 Å². The summed E-state index contributed by atoms with van der Waals surface area (Å²) in [5.74, 6) is -2.77. The molecule has 290 valence electrons. The number of urea groups is 1. The van der Waals surface area contributed by atoms with Gasteiger partial charge in [-0.25, -0.2) is 4.79 Å². The predicted molar refractivity (Wildman–Crippen MR) is 196 cm³/mol. The number of carbonyl (C=O) groups is 7. The first-order valence-electron chi connectivity index (χ1n) is 19.4. The van der Waals surface area contributed by atoms with Gasteiger partial charge in [-0.15, -0.1) is 6.58 Å². The summed E-state index contributed by atoms with van der Waals surface area (Å²) in [6, 6.07) is -4.03. The molecule has 13 heteroatoms. The van der Waals surface area contributed by atoms with Crippen molar-refractivity contribution in [1.29, 1.82) is 0 Å². The van der Waals surface area contributed by atoms with Gasteiger partial charge >= 0.3 is 6.03 Å². The van der Waals surface area contributed by atoms with E-state index in [1.165, 1.54) is 11.0 Å². The van der Waals surface area contributed by atoms with Crippen molar-refractivity contribution in [3.63, 3.8) is 0 Å². The first-order valence-corrected chi connectivity index (χ1v) is 19.4. The van der Waals surface area contributed by atoms with Crippen LogP contribution in [-0.4, -0.2) is 95.0 Å². The maximum atomic E-state index is 14.9. The molecule has 0 aromatic rings. The summed E-state index contributed by atoms with van der Waals surface area (Å²) in [4.78, 5) is 97.1. The summed E-state index contributed by atoms with van der Waals surface area (Å²) in [5.41, 5.74) is -1.11. The van der Waals surface area contributed by atoms with Crippen LogP contribution in [0, 0.1) is 28.6 Å². The molecule has 13 nitrogen and oxygen atoms in total. The summed E-state index contributed by atoms with van der Waals surface area (Å²) < 4.78 is 0. The van der Waals surface area contributed by atoms with E-state index in [4.69, 9.17) is 0 Å². The highest BCUT2D eigenvalue weighted by atomic mass is 16.2. The average Bonchev–Trinajstić information content (AvgIpc) is 3.78. The van der Waals surface area contributed by atoms with Crippen LogP contribution < -0.4 is 21.3 Å². The van der Waals surface area contributed by atoms with Crippen LogP contribution in [-0.2, 0) is 28.8 Å². The zero-order valence-corrected chi connectivity index (χ0v) is 32.2. The number of imide groups is 1. The Morgan fingerprint density at radius 1 is 0.923 bits per heavy atom. The highest BCUT2D eigenvalue weighted by molar-refractivity contribution is 6.38. The van der Waals surface area contributed by atoms with Crippen molar-refractivity contribution in [3.8, 4) is 0 Å². The van der Waals surface area contributed by atoms with Gasteiger partial charge in [0.2, 0.25) is 29.4 Å². The van der Waals surface area contributed by atoms with Crippen molar-refractivity contribution in [2.24, 2.45) is 28.6 Å². The summed E-state index contributed by atoms with van der Waals surface area (Å²) >= 11 is 0. The fourth-order valence-electron chi connectivity index (χ4n) is 8.08. The van der Waals surface area contributed by atoms with E-state index in [9.17, 15) is 33.6 Å². The molecule has 4 rings (SSSR count). The van der Waals surface area contributed by atoms with Gasteiger partial charge in [0, 0.05) is 32.5 Å². The van der Waals surface area contributed by atoms with Gasteiger partial charge in [0.25, 0.3) is 5.91 Å². The van der Waals surface area contributed by atoms with Gasteiger partial charge in [0.15, 0.2) is 0 Å². The molecule has 2 saturated heterocycles. The SMILES string of the molecule is C=CCNC(=O)C(=O)C(CC1CC1)NC(=O)[C@@H]1[C@@H](C(C)C)CCN1C(=O)[C@@H](NC(=O)N[C@H](CN1C(=O)CCCC1=O)C(C)(C)C)C1(C)CCCCC1. The Kier molecular flexibility index (Phi) is 13.7. The number of ketones is 1. The largest absolute Gasteiger partial charge is 0.346 e. The van der Waals surface area contributed by atoms with E-state index in [1.54, 1.807) is 4.90 Å². The molecule has 52 heavy (non-hydrogen) atoms. The van der Waals surface area contributed by atoms with Crippen LogP contribution in [0.4, 0.5) is 4.79 Å². The number of hydrogen-bond acceptors (Lipinski definition) is 7. The molecule has 0 bridgehead atoms. The minimum Gasteiger partial charge on any atom is -0.346 e. The van der Waals surface area contributed by atoms with Gasteiger partial charge < -0.3 is 26.2 Å². The number of likely N-dealkylation sites (tertiary alicyclic amines) is 2. The Morgan fingerprint density at radius 2 is 1.56 bits per heavy atom. The molecule has 1 unspecified atom stereocenters. The molecule has 4 fully saturated rings. The van der Waals surface area contributed by atoms with Gasteiger partial charge in [0.1, 0.15) is 12.1 Å². The van der Waals surface area contributed by atoms with Gasteiger partial charge in [-0.3, -0.25) is 33.7 Å². The Morgan fingerprint density at radius 3 is 2.12 bits per heavy atom. The normalized spacial score (nSPS) is 23.8. The molecule has 2 aliphatic carbocycles. The molecule has 0 spiro atoms. The lowest BCUT2D eigenvalue weighted by molar-refractivity contribution is -0.148. The molecule has 7 amide bonds. The van der Waals surface area contributed by atoms with E-state index in [-0.39, 0.29) is 61.4 Å². The fraction of sp³-hybridized carbons (Fsp3) is 0.769. The van der Waals surface area contributed by atoms with Crippen LogP contribution in [0.15, 0.2) is 12.7 Å². The van der Waals surface area contributed by atoms with Crippen molar-refractivity contribution in [1.82, 2.24) is 31.1 Å². The number of rotatable bonds is 15. The highest BCUT2D eigenvalue weighted by Crippen LogP contribution is 2.41. The first-order chi connectivity index (χ1) is 24.5. The second-order valence-corrected chi connectivity index (χ2v) is 17.2. The molecule has 2 heterocycles. The highest BCUT2D eigenvalue weighted by Gasteiger charge is 2.50. The van der Waals surface area contributed by atoms with Crippen LogP contribution in [0.1, 0.15) is 119 Å². The van der Waals surface area contributed by atoms with E-state index in [0.717, 1.165) is 32.1 Å². The molecule has 4 aliphatic rings. The third-order valence-electron chi connectivity index (χ3n) is 11.7. The summed E-state index contributed by atoms with van der Waals surface area (Å²) in [6.45, 7) is 15.8. The Bertz CT molecular complexity index is 1360. The van der Waals surface area contributed by atoms with Crippen molar-refractivity contribution in [2.45, 2.75) is 143 Å². The zero-order valence-electron chi connectivity index (χ0n) is 32.2. The number of carbonyl (C=O) groups excluding carboxylic acids is 7. The maximum Gasteiger partial charge on any atom is 0.315 e. The zero-order chi connectivity index (χ0) is 38.4. The Hall–Kier alpha value is -3.77. The quantitative estimate of drug-likeness (QED) is 0.113. The van der Waals surface area contributed by atoms with Crippen LogP contribution >= 0.6 is 0 Å². The van der Waals surface area contributed by atoms with Gasteiger partial charge in [-0.1, -0.05) is 79.7 Å². The predicted octanol–water partition coefficient (Wildman–Crippen LogP) is 3.61. The Balaban J connectivity index is 1.59. The third-order valence-corrected chi connectivity index (χ3v) is 11.7. The summed E-state index contributed by atoms with van der Waals surface area (Å²) in [6.07, 6.45) is 9.55. The lowest BCUT2D eigenvalue weighted by Crippen LogP contribution is -2.63. The molecule has 0 radical (unpaired) electrons. The van der Waals surface area contributed by atoms with E-state index >= 15 is 0 Å². The molecule has 2 saturated carbocycles. The van der Waals surface area contributed by atoms with Gasteiger partial charge in [-0.05, 0) is 60.7 Å². The van der Waals surface area contributed by atoms with Crippen molar-refractivity contribution < 1.29 is 33.6 Å². The van der Waals surface area contributed by atoms with E-state index in [0.29, 0.717) is 38.6 Å². The number of Topliss-reactive ketones (excluding diaryl/α,β-unsaturated/α-hetero) is 1. The minimum atomic E-state index is -1.02. The second-order valence-electron chi connectivity index (χ2n) is 17.2. The number of hydrogen-bond donors (Lipinski definition) is 4. The van der Waals surface area contributed by atoms with Crippen LogP contribution in [0.5, 0.6) is 0 Å². The average molecular weight is 727 g/mol. The minimum absolute atomic E-state index is 0.0290. The van der Waals surface area contributed by atoms with Crippen LogP contribution in [0.3, 0.4) is 0 Å². The topological polar surface area (TPSA) is 174 Å². The molecule has 5 atom stereocenters. The smallest absolute Gasteiger partial charge is 0.315 e. The van der Waals surface area contributed by atoms with E-state index < -0.39 is 58.6 Å². The number of nitrogens with one attached hydrogen (secondary N) is 4.